The van der Waals surface area contributed by atoms with Crippen molar-refractivity contribution in [3.63, 3.8) is 0 Å². The third kappa shape index (κ3) is 1.95. The number of carboxylic acid groups (broad SMARTS) is 1. The predicted octanol–water partition coefficient (Wildman–Crippen LogP) is 2.78. The fourth-order valence-corrected chi connectivity index (χ4v) is 2.03. The van der Waals surface area contributed by atoms with E-state index in [2.05, 4.69) is 20.9 Å². The van der Waals surface area contributed by atoms with E-state index < -0.39 is 11.8 Å². The number of hydrogen-bond donors (Lipinski definition) is 1. The van der Waals surface area contributed by atoms with Crippen molar-refractivity contribution in [2.24, 2.45) is 0 Å². The SMILES string of the molecule is Cc1nccn1-c1ccc(C(=O)O)c(Br)c1F. The molecule has 0 aliphatic heterocycles. The summed E-state index contributed by atoms with van der Waals surface area (Å²) >= 11 is 2.95. The molecule has 0 fully saturated rings. The summed E-state index contributed by atoms with van der Waals surface area (Å²) in [6, 6.07) is 2.77. The fraction of sp³-hybridized carbons (Fsp3) is 0.0909. The summed E-state index contributed by atoms with van der Waals surface area (Å²) in [7, 11) is 0. The average molecular weight is 299 g/mol. The Hall–Kier alpha value is -1.69. The first kappa shape index (κ1) is 11.8. The van der Waals surface area contributed by atoms with Crippen molar-refractivity contribution < 1.29 is 14.3 Å². The Labute approximate surface area is 105 Å². The van der Waals surface area contributed by atoms with Gasteiger partial charge in [-0.3, -0.25) is 0 Å². The van der Waals surface area contributed by atoms with Gasteiger partial charge in [0.15, 0.2) is 5.82 Å². The van der Waals surface area contributed by atoms with Crippen LogP contribution in [0, 0.1) is 12.7 Å². The number of aromatic carboxylic acids is 1. The van der Waals surface area contributed by atoms with Crippen molar-refractivity contribution >= 4 is 21.9 Å². The Morgan fingerprint density at radius 1 is 1.53 bits per heavy atom. The van der Waals surface area contributed by atoms with E-state index >= 15 is 0 Å². The number of halogens is 2. The van der Waals surface area contributed by atoms with Gasteiger partial charge in [-0.2, -0.15) is 0 Å². The number of nitrogens with zero attached hydrogens (tertiary/aromatic N) is 2. The van der Waals surface area contributed by atoms with Crippen molar-refractivity contribution in [2.45, 2.75) is 6.92 Å². The number of aryl methyl sites for hydroxylation is 1. The van der Waals surface area contributed by atoms with Gasteiger partial charge in [-0.25, -0.2) is 14.2 Å². The molecule has 4 nitrogen and oxygen atoms in total. The van der Waals surface area contributed by atoms with Crippen molar-refractivity contribution in [1.82, 2.24) is 9.55 Å². The van der Waals surface area contributed by atoms with Crippen LogP contribution in [0.2, 0.25) is 0 Å². The number of carboxylic acids is 1. The fourth-order valence-electron chi connectivity index (χ4n) is 1.52. The van der Waals surface area contributed by atoms with Gasteiger partial charge in [-0.1, -0.05) is 0 Å². The van der Waals surface area contributed by atoms with Crippen LogP contribution in [-0.4, -0.2) is 20.6 Å². The first-order valence-electron chi connectivity index (χ1n) is 4.74. The highest BCUT2D eigenvalue weighted by molar-refractivity contribution is 9.10. The molecule has 0 atom stereocenters. The van der Waals surface area contributed by atoms with Gasteiger partial charge in [0.05, 0.1) is 15.7 Å². The van der Waals surface area contributed by atoms with E-state index in [0.717, 1.165) is 0 Å². The summed E-state index contributed by atoms with van der Waals surface area (Å²) in [5.41, 5.74) is 0.154. The molecule has 0 spiro atoms. The first-order valence-corrected chi connectivity index (χ1v) is 5.53. The number of benzene rings is 1. The zero-order chi connectivity index (χ0) is 12.6. The molecule has 0 saturated heterocycles. The molecular formula is C11H8BrFN2O2. The van der Waals surface area contributed by atoms with Gasteiger partial charge in [-0.15, -0.1) is 0 Å². The molecule has 2 rings (SSSR count). The minimum Gasteiger partial charge on any atom is -0.478 e. The summed E-state index contributed by atoms with van der Waals surface area (Å²) in [6.45, 7) is 1.73. The monoisotopic (exact) mass is 298 g/mol. The molecule has 0 bridgehead atoms. The molecular weight excluding hydrogens is 291 g/mol. The lowest BCUT2D eigenvalue weighted by Crippen LogP contribution is -2.04. The Balaban J connectivity index is 2.63. The minimum absolute atomic E-state index is 0.0596. The van der Waals surface area contributed by atoms with E-state index in [1.165, 1.54) is 12.1 Å². The molecule has 0 radical (unpaired) electrons. The number of imidazole rings is 1. The van der Waals surface area contributed by atoms with Crippen molar-refractivity contribution in [3.05, 3.63) is 46.2 Å². The van der Waals surface area contributed by atoms with Crippen LogP contribution in [0.4, 0.5) is 4.39 Å². The van der Waals surface area contributed by atoms with Gasteiger partial charge in [0.1, 0.15) is 5.82 Å². The lowest BCUT2D eigenvalue weighted by atomic mass is 10.2. The highest BCUT2D eigenvalue weighted by Crippen LogP contribution is 2.26. The zero-order valence-electron chi connectivity index (χ0n) is 8.82. The van der Waals surface area contributed by atoms with E-state index in [-0.39, 0.29) is 15.7 Å². The summed E-state index contributed by atoms with van der Waals surface area (Å²) < 4.78 is 15.5. The molecule has 1 aromatic carbocycles. The van der Waals surface area contributed by atoms with E-state index in [1.807, 2.05) is 0 Å². The van der Waals surface area contributed by atoms with Crippen LogP contribution in [0.3, 0.4) is 0 Å². The Morgan fingerprint density at radius 3 is 2.76 bits per heavy atom. The molecule has 88 valence electrons. The highest BCUT2D eigenvalue weighted by Gasteiger charge is 2.17. The Bertz CT molecular complexity index is 595. The van der Waals surface area contributed by atoms with Crippen molar-refractivity contribution in [3.8, 4) is 5.69 Å². The normalized spacial score (nSPS) is 10.5. The molecule has 0 aliphatic carbocycles. The second-order valence-corrected chi connectivity index (χ2v) is 4.20. The second kappa shape index (κ2) is 4.29. The minimum atomic E-state index is -1.18. The number of hydrogen-bond acceptors (Lipinski definition) is 2. The van der Waals surface area contributed by atoms with Gasteiger partial charge in [-0.05, 0) is 35.0 Å². The molecule has 6 heteroatoms. The number of rotatable bonds is 2. The second-order valence-electron chi connectivity index (χ2n) is 3.41. The lowest BCUT2D eigenvalue weighted by molar-refractivity contribution is 0.0695. The Morgan fingerprint density at radius 2 is 2.24 bits per heavy atom. The highest BCUT2D eigenvalue weighted by atomic mass is 79.9. The van der Waals surface area contributed by atoms with E-state index in [4.69, 9.17) is 5.11 Å². The van der Waals surface area contributed by atoms with Gasteiger partial charge >= 0.3 is 5.97 Å². The summed E-state index contributed by atoms with van der Waals surface area (Å²) in [5, 5.41) is 8.85. The Kier molecular flexibility index (Phi) is 2.97. The topological polar surface area (TPSA) is 55.1 Å². The maximum absolute atomic E-state index is 14.0. The molecule has 0 unspecified atom stereocenters. The molecule has 1 N–H and O–H groups in total. The number of aromatic nitrogens is 2. The maximum atomic E-state index is 14.0. The molecule has 17 heavy (non-hydrogen) atoms. The van der Waals surface area contributed by atoms with E-state index in [9.17, 15) is 9.18 Å². The smallest absolute Gasteiger partial charge is 0.336 e. The van der Waals surface area contributed by atoms with Gasteiger partial charge < -0.3 is 9.67 Å². The van der Waals surface area contributed by atoms with E-state index in [1.54, 1.807) is 23.9 Å². The largest absolute Gasteiger partial charge is 0.478 e. The maximum Gasteiger partial charge on any atom is 0.336 e. The van der Waals surface area contributed by atoms with Crippen LogP contribution < -0.4 is 0 Å². The number of carbonyl (C=O) groups is 1. The van der Waals surface area contributed by atoms with Crippen LogP contribution in [0.25, 0.3) is 5.69 Å². The van der Waals surface area contributed by atoms with Crippen LogP contribution in [0.5, 0.6) is 0 Å². The summed E-state index contributed by atoms with van der Waals surface area (Å²) in [4.78, 5) is 14.8. The molecule has 0 amide bonds. The summed E-state index contributed by atoms with van der Waals surface area (Å²) in [6.07, 6.45) is 3.16. The third-order valence-corrected chi connectivity index (χ3v) is 3.15. The van der Waals surface area contributed by atoms with Crippen LogP contribution >= 0.6 is 15.9 Å². The molecule has 0 aliphatic rings. The quantitative estimate of drug-likeness (QED) is 0.927. The predicted molar refractivity (Wildman–Crippen MR) is 62.9 cm³/mol. The summed E-state index contributed by atoms with van der Waals surface area (Å²) in [5.74, 6) is -1.17. The molecule has 2 aromatic rings. The van der Waals surface area contributed by atoms with Gasteiger partial charge in [0, 0.05) is 12.4 Å². The molecule has 1 aromatic heterocycles. The lowest BCUT2D eigenvalue weighted by Gasteiger charge is -2.09. The van der Waals surface area contributed by atoms with Crippen LogP contribution in [0.15, 0.2) is 29.0 Å². The van der Waals surface area contributed by atoms with Gasteiger partial charge in [0.2, 0.25) is 0 Å². The van der Waals surface area contributed by atoms with Crippen molar-refractivity contribution in [1.29, 1.82) is 0 Å². The first-order chi connectivity index (χ1) is 8.02. The third-order valence-electron chi connectivity index (χ3n) is 2.38. The van der Waals surface area contributed by atoms with Crippen molar-refractivity contribution in [2.75, 3.05) is 0 Å². The average Bonchev–Trinajstić information content (AvgIpc) is 2.68. The van der Waals surface area contributed by atoms with Crippen LogP contribution in [-0.2, 0) is 0 Å². The molecule has 0 saturated carbocycles. The van der Waals surface area contributed by atoms with Crippen LogP contribution in [0.1, 0.15) is 16.2 Å². The standard InChI is InChI=1S/C11H8BrFN2O2/c1-6-14-4-5-15(6)8-3-2-7(11(16)17)9(12)10(8)13/h2-5H,1H3,(H,16,17). The van der Waals surface area contributed by atoms with E-state index in [0.29, 0.717) is 5.82 Å². The zero-order valence-corrected chi connectivity index (χ0v) is 10.4. The van der Waals surface area contributed by atoms with Gasteiger partial charge in [0.25, 0.3) is 0 Å². The molecule has 1 heterocycles.